The van der Waals surface area contributed by atoms with Gasteiger partial charge in [-0.3, -0.25) is 0 Å². The lowest BCUT2D eigenvalue weighted by molar-refractivity contribution is 0.0283. The van der Waals surface area contributed by atoms with E-state index in [2.05, 4.69) is 5.32 Å². The van der Waals surface area contributed by atoms with Gasteiger partial charge in [0.15, 0.2) is 0 Å². The Hall–Kier alpha value is -2.28. The minimum absolute atomic E-state index is 0.0446. The molecule has 2 atom stereocenters. The minimum Gasteiger partial charge on any atom is -0.445 e. The van der Waals surface area contributed by atoms with E-state index in [1.165, 1.54) is 0 Å². The Kier molecular flexibility index (Phi) is 6.85. The van der Waals surface area contributed by atoms with Gasteiger partial charge in [0.05, 0.1) is 12.6 Å². The number of aliphatic hydroxyl groups is 1. The van der Waals surface area contributed by atoms with Gasteiger partial charge in [-0.2, -0.15) is 0 Å². The van der Waals surface area contributed by atoms with Gasteiger partial charge in [0.25, 0.3) is 0 Å². The molecule has 7 heteroatoms. The van der Waals surface area contributed by atoms with Crippen molar-refractivity contribution in [2.75, 3.05) is 19.7 Å². The molecule has 2 amide bonds. The van der Waals surface area contributed by atoms with Gasteiger partial charge in [-0.05, 0) is 32.8 Å². The molecule has 1 aliphatic rings. The van der Waals surface area contributed by atoms with Crippen LogP contribution in [0.2, 0.25) is 0 Å². The molecule has 0 aliphatic carbocycles. The highest BCUT2D eigenvalue weighted by Crippen LogP contribution is 2.22. The van der Waals surface area contributed by atoms with Crippen LogP contribution in [0.4, 0.5) is 9.59 Å². The van der Waals surface area contributed by atoms with Crippen molar-refractivity contribution in [1.82, 2.24) is 10.2 Å². The number of alkyl carbamates (subject to hydrolysis) is 1. The second kappa shape index (κ2) is 8.89. The lowest BCUT2D eigenvalue weighted by Crippen LogP contribution is -2.44. The Morgan fingerprint density at radius 2 is 2.00 bits per heavy atom. The number of nitrogens with one attached hydrogen (secondary N) is 1. The zero-order valence-electron chi connectivity index (χ0n) is 15.6. The average Bonchev–Trinajstić information content (AvgIpc) is 3.07. The molecule has 1 heterocycles. The smallest absolute Gasteiger partial charge is 0.410 e. The highest BCUT2D eigenvalue weighted by atomic mass is 16.6. The monoisotopic (exact) mass is 364 g/mol. The van der Waals surface area contributed by atoms with Crippen molar-refractivity contribution in [1.29, 1.82) is 0 Å². The van der Waals surface area contributed by atoms with Crippen molar-refractivity contribution < 1.29 is 24.2 Å². The molecule has 1 aliphatic heterocycles. The number of carbonyl (C=O) groups is 2. The topological polar surface area (TPSA) is 88.1 Å². The van der Waals surface area contributed by atoms with Crippen molar-refractivity contribution in [3.05, 3.63) is 35.9 Å². The van der Waals surface area contributed by atoms with Crippen LogP contribution in [0.1, 0.15) is 32.8 Å². The van der Waals surface area contributed by atoms with Crippen molar-refractivity contribution in [3.8, 4) is 0 Å². The molecule has 1 aromatic carbocycles. The summed E-state index contributed by atoms with van der Waals surface area (Å²) in [4.78, 5) is 25.7. The van der Waals surface area contributed by atoms with E-state index in [0.29, 0.717) is 19.5 Å². The van der Waals surface area contributed by atoms with E-state index in [-0.39, 0.29) is 25.2 Å². The van der Waals surface area contributed by atoms with Gasteiger partial charge in [0.2, 0.25) is 0 Å². The molecular weight excluding hydrogens is 336 g/mol. The van der Waals surface area contributed by atoms with Gasteiger partial charge in [-0.25, -0.2) is 9.59 Å². The summed E-state index contributed by atoms with van der Waals surface area (Å²) in [6.45, 7) is 6.38. The number of aliphatic hydroxyl groups excluding tert-OH is 1. The second-order valence-electron chi connectivity index (χ2n) is 7.47. The van der Waals surface area contributed by atoms with Crippen LogP contribution in [0.15, 0.2) is 30.3 Å². The molecule has 1 unspecified atom stereocenters. The third-order valence-corrected chi connectivity index (χ3v) is 4.16. The molecule has 0 bridgehead atoms. The minimum atomic E-state index is -0.580. The molecule has 1 aromatic rings. The van der Waals surface area contributed by atoms with Crippen LogP contribution >= 0.6 is 0 Å². The number of carbonyl (C=O) groups excluding carboxylic acids is 2. The summed E-state index contributed by atoms with van der Waals surface area (Å²) in [5.74, 6) is -0.0446. The zero-order chi connectivity index (χ0) is 19.2. The Bertz CT molecular complexity index is 600. The number of benzene rings is 1. The van der Waals surface area contributed by atoms with Crippen LogP contribution in [0.25, 0.3) is 0 Å². The normalized spacial score (nSPS) is 18.3. The first-order chi connectivity index (χ1) is 12.3. The molecule has 1 saturated heterocycles. The maximum atomic E-state index is 12.1. The number of amides is 2. The third-order valence-electron chi connectivity index (χ3n) is 4.16. The summed E-state index contributed by atoms with van der Waals surface area (Å²) in [6.07, 6.45) is -0.268. The molecule has 0 saturated carbocycles. The largest absolute Gasteiger partial charge is 0.445 e. The highest BCUT2D eigenvalue weighted by molar-refractivity contribution is 5.69. The summed E-state index contributed by atoms with van der Waals surface area (Å²) in [7, 11) is 0. The SMILES string of the molecule is CC(C)(C)OC(=O)N1CC[C@H](C(CO)NC(=O)OCc2ccccc2)C1. The number of rotatable bonds is 5. The van der Waals surface area contributed by atoms with Crippen molar-refractivity contribution in [2.45, 2.75) is 45.4 Å². The predicted molar refractivity (Wildman–Crippen MR) is 96.6 cm³/mol. The third kappa shape index (κ3) is 6.22. The first-order valence-corrected chi connectivity index (χ1v) is 8.84. The molecule has 0 spiro atoms. The maximum absolute atomic E-state index is 12.1. The molecule has 0 radical (unpaired) electrons. The summed E-state index contributed by atoms with van der Waals surface area (Å²) in [5, 5.41) is 12.3. The zero-order valence-corrected chi connectivity index (χ0v) is 15.6. The summed E-state index contributed by atoms with van der Waals surface area (Å²) >= 11 is 0. The molecule has 0 aromatic heterocycles. The lowest BCUT2D eigenvalue weighted by Gasteiger charge is -2.26. The standard InChI is InChI=1S/C19H28N2O5/c1-19(2,3)26-18(24)21-10-9-15(11-21)16(12-22)20-17(23)25-13-14-7-5-4-6-8-14/h4-8,15-16,22H,9-13H2,1-3H3,(H,20,23)/t15-,16?/m0/s1. The van der Waals surface area contributed by atoms with Crippen LogP contribution < -0.4 is 5.32 Å². The van der Waals surface area contributed by atoms with E-state index in [1.54, 1.807) is 4.90 Å². The first kappa shape index (κ1) is 20.0. The lowest BCUT2D eigenvalue weighted by atomic mass is 10.00. The summed E-state index contributed by atoms with van der Waals surface area (Å²) < 4.78 is 10.6. The Labute approximate surface area is 154 Å². The van der Waals surface area contributed by atoms with Gasteiger partial charge in [0, 0.05) is 19.0 Å². The number of ether oxygens (including phenoxy) is 2. The number of hydrogen-bond donors (Lipinski definition) is 2. The van der Waals surface area contributed by atoms with Crippen molar-refractivity contribution >= 4 is 12.2 Å². The molecular formula is C19H28N2O5. The van der Waals surface area contributed by atoms with E-state index in [0.717, 1.165) is 5.56 Å². The Balaban J connectivity index is 1.81. The van der Waals surface area contributed by atoms with E-state index >= 15 is 0 Å². The number of hydrogen-bond acceptors (Lipinski definition) is 5. The molecule has 26 heavy (non-hydrogen) atoms. The van der Waals surface area contributed by atoms with E-state index in [9.17, 15) is 14.7 Å². The maximum Gasteiger partial charge on any atom is 0.410 e. The molecule has 7 nitrogen and oxygen atoms in total. The van der Waals surface area contributed by atoms with Gasteiger partial charge in [-0.1, -0.05) is 30.3 Å². The summed E-state index contributed by atoms with van der Waals surface area (Å²) in [5.41, 5.74) is 0.338. The molecule has 2 rings (SSSR count). The highest BCUT2D eigenvalue weighted by Gasteiger charge is 2.34. The van der Waals surface area contributed by atoms with Crippen LogP contribution in [0.5, 0.6) is 0 Å². The van der Waals surface area contributed by atoms with Crippen LogP contribution in [0.3, 0.4) is 0 Å². The Morgan fingerprint density at radius 1 is 1.31 bits per heavy atom. The average molecular weight is 364 g/mol. The second-order valence-corrected chi connectivity index (χ2v) is 7.47. The van der Waals surface area contributed by atoms with Gasteiger partial charge in [0.1, 0.15) is 12.2 Å². The van der Waals surface area contributed by atoms with Gasteiger partial charge < -0.3 is 24.8 Å². The Morgan fingerprint density at radius 3 is 2.62 bits per heavy atom. The molecule has 144 valence electrons. The van der Waals surface area contributed by atoms with Crippen LogP contribution in [-0.2, 0) is 16.1 Å². The van der Waals surface area contributed by atoms with E-state index in [4.69, 9.17) is 9.47 Å². The van der Waals surface area contributed by atoms with Crippen LogP contribution in [-0.4, -0.2) is 53.5 Å². The predicted octanol–water partition coefficient (Wildman–Crippen LogP) is 2.53. The number of likely N-dealkylation sites (tertiary alicyclic amines) is 1. The fraction of sp³-hybridized carbons (Fsp3) is 0.579. The van der Waals surface area contributed by atoms with Crippen molar-refractivity contribution in [2.24, 2.45) is 5.92 Å². The van der Waals surface area contributed by atoms with E-state index in [1.807, 2.05) is 51.1 Å². The quantitative estimate of drug-likeness (QED) is 0.838. The van der Waals surface area contributed by atoms with Gasteiger partial charge in [-0.15, -0.1) is 0 Å². The fourth-order valence-corrected chi connectivity index (χ4v) is 2.84. The van der Waals surface area contributed by atoms with Crippen molar-refractivity contribution in [3.63, 3.8) is 0 Å². The fourth-order valence-electron chi connectivity index (χ4n) is 2.84. The van der Waals surface area contributed by atoms with Gasteiger partial charge >= 0.3 is 12.2 Å². The van der Waals surface area contributed by atoms with Crippen LogP contribution in [0, 0.1) is 5.92 Å². The summed E-state index contributed by atoms with van der Waals surface area (Å²) in [6, 6.07) is 8.90. The first-order valence-electron chi connectivity index (χ1n) is 8.84. The van der Waals surface area contributed by atoms with E-state index < -0.39 is 17.7 Å². The molecule has 1 fully saturated rings. The molecule has 2 N–H and O–H groups in total. The number of nitrogens with zero attached hydrogens (tertiary/aromatic N) is 1.